The second-order valence-electron chi connectivity index (χ2n) is 4.77. The number of aliphatic imine (C=N–C) groups is 1. The first-order valence-corrected chi connectivity index (χ1v) is 6.54. The summed E-state index contributed by atoms with van der Waals surface area (Å²) in [7, 11) is 1.56. The molecule has 0 bridgehead atoms. The van der Waals surface area contributed by atoms with Gasteiger partial charge in [0, 0.05) is 6.21 Å². The molecule has 0 aromatic heterocycles. The molecule has 5 atom stereocenters. The highest BCUT2D eigenvalue weighted by molar-refractivity contribution is 5.79. The summed E-state index contributed by atoms with van der Waals surface area (Å²) < 4.78 is 10.1. The molecule has 1 saturated heterocycles. The number of hydrogen-bond donors (Lipinski definition) is 4. The lowest BCUT2D eigenvalue weighted by Gasteiger charge is -2.38. The van der Waals surface area contributed by atoms with Gasteiger partial charge in [-0.15, -0.1) is 0 Å². The molecule has 1 heterocycles. The van der Waals surface area contributed by atoms with Crippen LogP contribution in [0.1, 0.15) is 5.56 Å². The van der Waals surface area contributed by atoms with Crippen molar-refractivity contribution >= 4 is 6.21 Å². The molecule has 0 aliphatic carbocycles. The van der Waals surface area contributed by atoms with Crippen LogP contribution in [0.25, 0.3) is 0 Å². The van der Waals surface area contributed by atoms with Crippen LogP contribution in [0.4, 0.5) is 0 Å². The van der Waals surface area contributed by atoms with Crippen LogP contribution in [0.2, 0.25) is 0 Å². The highest BCUT2D eigenvalue weighted by Gasteiger charge is 2.43. The van der Waals surface area contributed by atoms with Gasteiger partial charge in [-0.05, 0) is 29.8 Å². The summed E-state index contributed by atoms with van der Waals surface area (Å²) in [4.78, 5) is 4.06. The summed E-state index contributed by atoms with van der Waals surface area (Å²) in [5.41, 5.74) is 0.744. The number of hydrogen-bond acceptors (Lipinski definition) is 7. The average Bonchev–Trinajstić information content (AvgIpc) is 2.51. The second-order valence-corrected chi connectivity index (χ2v) is 4.77. The summed E-state index contributed by atoms with van der Waals surface area (Å²) in [6.07, 6.45) is -3.58. The summed E-state index contributed by atoms with van der Waals surface area (Å²) in [5, 5.41) is 38.5. The van der Waals surface area contributed by atoms with Crippen LogP contribution >= 0.6 is 0 Å². The standard InChI is InChI=1S/C14H19NO6/c1-20-9-4-2-8(3-5-9)6-15-11-13(18)12(17)10(7-16)21-14(11)19/h2-6,10-14,16-19H,7H2,1H3/t10-,11-,12-,13-,14+/m1/s1. The molecule has 0 spiro atoms. The van der Waals surface area contributed by atoms with Gasteiger partial charge in [-0.25, -0.2) is 0 Å². The highest BCUT2D eigenvalue weighted by Crippen LogP contribution is 2.22. The molecule has 7 nitrogen and oxygen atoms in total. The smallest absolute Gasteiger partial charge is 0.180 e. The van der Waals surface area contributed by atoms with Crippen LogP contribution in [0.5, 0.6) is 5.75 Å². The van der Waals surface area contributed by atoms with E-state index in [9.17, 15) is 15.3 Å². The number of benzene rings is 1. The van der Waals surface area contributed by atoms with E-state index in [1.54, 1.807) is 31.4 Å². The zero-order valence-corrected chi connectivity index (χ0v) is 11.5. The number of ether oxygens (including phenoxy) is 2. The van der Waals surface area contributed by atoms with Crippen LogP contribution in [-0.4, -0.2) is 71.0 Å². The fraction of sp³-hybridized carbons (Fsp3) is 0.500. The van der Waals surface area contributed by atoms with Crippen LogP contribution in [0.3, 0.4) is 0 Å². The first-order valence-electron chi connectivity index (χ1n) is 6.54. The van der Waals surface area contributed by atoms with E-state index in [-0.39, 0.29) is 0 Å². The monoisotopic (exact) mass is 297 g/mol. The van der Waals surface area contributed by atoms with Gasteiger partial charge in [-0.3, -0.25) is 4.99 Å². The van der Waals surface area contributed by atoms with Crippen molar-refractivity contribution in [1.82, 2.24) is 0 Å². The summed E-state index contributed by atoms with van der Waals surface area (Å²) in [6, 6.07) is 6.00. The molecule has 7 heteroatoms. The van der Waals surface area contributed by atoms with E-state index in [1.165, 1.54) is 6.21 Å². The molecule has 1 aromatic carbocycles. The molecule has 2 rings (SSSR count). The first-order chi connectivity index (χ1) is 10.1. The zero-order chi connectivity index (χ0) is 15.4. The third-order valence-corrected chi connectivity index (χ3v) is 3.38. The number of aliphatic hydroxyl groups excluding tert-OH is 4. The van der Waals surface area contributed by atoms with Gasteiger partial charge in [0.25, 0.3) is 0 Å². The van der Waals surface area contributed by atoms with Gasteiger partial charge in [0.15, 0.2) is 6.29 Å². The van der Waals surface area contributed by atoms with Crippen molar-refractivity contribution in [3.63, 3.8) is 0 Å². The molecule has 116 valence electrons. The number of aliphatic hydroxyl groups is 4. The maximum absolute atomic E-state index is 9.93. The lowest BCUT2D eigenvalue weighted by Crippen LogP contribution is -2.57. The molecule has 21 heavy (non-hydrogen) atoms. The van der Waals surface area contributed by atoms with Crippen LogP contribution in [-0.2, 0) is 4.74 Å². The maximum atomic E-state index is 9.93. The number of nitrogens with zero attached hydrogens (tertiary/aromatic N) is 1. The Kier molecular flexibility index (Phi) is 5.27. The van der Waals surface area contributed by atoms with Crippen molar-refractivity contribution in [3.8, 4) is 5.75 Å². The fourth-order valence-corrected chi connectivity index (χ4v) is 2.11. The van der Waals surface area contributed by atoms with E-state index in [1.807, 2.05) is 0 Å². The minimum absolute atomic E-state index is 0.496. The van der Waals surface area contributed by atoms with E-state index in [4.69, 9.17) is 14.6 Å². The van der Waals surface area contributed by atoms with Crippen LogP contribution in [0.15, 0.2) is 29.3 Å². The molecule has 1 aliphatic rings. The quantitative estimate of drug-likeness (QED) is 0.526. The molecule has 0 amide bonds. The van der Waals surface area contributed by atoms with E-state index < -0.39 is 37.3 Å². The molecule has 1 fully saturated rings. The largest absolute Gasteiger partial charge is 0.497 e. The van der Waals surface area contributed by atoms with Crippen molar-refractivity contribution < 1.29 is 29.9 Å². The minimum atomic E-state index is -1.39. The van der Waals surface area contributed by atoms with Crippen LogP contribution in [0, 0.1) is 0 Å². The topological polar surface area (TPSA) is 112 Å². The SMILES string of the molecule is COc1ccc(C=N[C@@H]2[C@@H](O)[C@H](O)[C@@H](CO)O[C@@H]2O)cc1. The Morgan fingerprint density at radius 3 is 2.43 bits per heavy atom. The molecule has 1 aliphatic heterocycles. The lowest BCUT2D eigenvalue weighted by atomic mass is 9.97. The van der Waals surface area contributed by atoms with E-state index in [2.05, 4.69) is 4.99 Å². The first kappa shape index (κ1) is 15.9. The third kappa shape index (κ3) is 3.58. The van der Waals surface area contributed by atoms with Crippen molar-refractivity contribution in [3.05, 3.63) is 29.8 Å². The zero-order valence-electron chi connectivity index (χ0n) is 11.5. The fourth-order valence-electron chi connectivity index (χ4n) is 2.11. The summed E-state index contributed by atoms with van der Waals surface area (Å²) in [6.45, 7) is -0.496. The second kappa shape index (κ2) is 6.97. The Labute approximate surface area is 122 Å². The lowest BCUT2D eigenvalue weighted by molar-refractivity contribution is -0.248. The summed E-state index contributed by atoms with van der Waals surface area (Å²) >= 11 is 0. The maximum Gasteiger partial charge on any atom is 0.180 e. The van der Waals surface area contributed by atoms with Crippen molar-refractivity contribution in [2.24, 2.45) is 4.99 Å². The third-order valence-electron chi connectivity index (χ3n) is 3.38. The Hall–Kier alpha value is -1.51. The van der Waals surface area contributed by atoms with Gasteiger partial charge in [-0.1, -0.05) is 0 Å². The Morgan fingerprint density at radius 2 is 1.86 bits per heavy atom. The molecular weight excluding hydrogens is 278 g/mol. The van der Waals surface area contributed by atoms with E-state index >= 15 is 0 Å². The van der Waals surface area contributed by atoms with Gasteiger partial charge < -0.3 is 29.9 Å². The minimum Gasteiger partial charge on any atom is -0.497 e. The predicted octanol–water partition coefficient (Wildman–Crippen LogP) is -1.09. The highest BCUT2D eigenvalue weighted by atomic mass is 16.6. The van der Waals surface area contributed by atoms with Gasteiger partial charge in [0.1, 0.15) is 30.1 Å². The molecule has 0 saturated carbocycles. The van der Waals surface area contributed by atoms with Gasteiger partial charge in [0.2, 0.25) is 0 Å². The van der Waals surface area contributed by atoms with Crippen LogP contribution < -0.4 is 4.74 Å². The van der Waals surface area contributed by atoms with Gasteiger partial charge >= 0.3 is 0 Å². The van der Waals surface area contributed by atoms with Crippen molar-refractivity contribution in [1.29, 1.82) is 0 Å². The van der Waals surface area contributed by atoms with Crippen molar-refractivity contribution in [2.75, 3.05) is 13.7 Å². The van der Waals surface area contributed by atoms with E-state index in [0.717, 1.165) is 5.56 Å². The van der Waals surface area contributed by atoms with Gasteiger partial charge in [0.05, 0.1) is 13.7 Å². The molecular formula is C14H19NO6. The van der Waals surface area contributed by atoms with Gasteiger partial charge in [-0.2, -0.15) is 0 Å². The van der Waals surface area contributed by atoms with Crippen molar-refractivity contribution in [2.45, 2.75) is 30.6 Å². The molecule has 0 unspecified atom stereocenters. The average molecular weight is 297 g/mol. The molecule has 1 aromatic rings. The Balaban J connectivity index is 2.08. The Morgan fingerprint density at radius 1 is 1.19 bits per heavy atom. The normalized spacial score (nSPS) is 33.3. The number of rotatable bonds is 4. The predicted molar refractivity (Wildman–Crippen MR) is 74.4 cm³/mol. The summed E-state index contributed by atoms with van der Waals surface area (Å²) in [5.74, 6) is 0.703. The van der Waals surface area contributed by atoms with E-state index in [0.29, 0.717) is 5.75 Å². The molecule has 0 radical (unpaired) electrons. The number of methoxy groups -OCH3 is 1. The molecule has 4 N–H and O–H groups in total. The Bertz CT molecular complexity index is 477.